The molecule has 0 aliphatic carbocycles. The van der Waals surface area contributed by atoms with E-state index in [1.165, 1.54) is 0 Å². The summed E-state index contributed by atoms with van der Waals surface area (Å²) >= 11 is 6.05. The highest BCUT2D eigenvalue weighted by atomic mass is 35.5. The Morgan fingerprint density at radius 3 is 1.91 bits per heavy atom. The Labute approximate surface area is 206 Å². The van der Waals surface area contributed by atoms with Gasteiger partial charge in [0.1, 0.15) is 12.4 Å². The van der Waals surface area contributed by atoms with Gasteiger partial charge >= 0.3 is 23.9 Å². The SMILES string of the molecule is NC[C@H]1CCN(Cc2cc(Cl)ccc2OCCO)C1.O=C(O)/C=C/C(=O)O.O=C(O)/C=C/C(=O)O. The summed E-state index contributed by atoms with van der Waals surface area (Å²) in [4.78, 5) is 40.6. The first-order valence-electron chi connectivity index (χ1n) is 10.2. The maximum atomic E-state index is 9.55. The van der Waals surface area contributed by atoms with Crippen LogP contribution in [0.5, 0.6) is 5.75 Å². The highest BCUT2D eigenvalue weighted by Gasteiger charge is 2.22. The number of likely N-dealkylation sites (tertiary alicyclic amines) is 1. The molecule has 1 aliphatic heterocycles. The van der Waals surface area contributed by atoms with E-state index in [0.29, 0.717) is 41.9 Å². The fourth-order valence-corrected chi connectivity index (χ4v) is 2.94. The highest BCUT2D eigenvalue weighted by Crippen LogP contribution is 2.26. The first-order valence-corrected chi connectivity index (χ1v) is 10.6. The molecule has 1 saturated heterocycles. The summed E-state index contributed by atoms with van der Waals surface area (Å²) in [6.45, 7) is 3.98. The van der Waals surface area contributed by atoms with E-state index in [0.717, 1.165) is 43.9 Å². The molecule has 0 aromatic heterocycles. The Morgan fingerprint density at radius 2 is 1.51 bits per heavy atom. The number of halogens is 1. The van der Waals surface area contributed by atoms with Gasteiger partial charge in [-0.15, -0.1) is 0 Å². The van der Waals surface area contributed by atoms with E-state index in [1.54, 1.807) is 0 Å². The van der Waals surface area contributed by atoms with Gasteiger partial charge in [0.15, 0.2) is 0 Å². The molecule has 1 aliphatic rings. The van der Waals surface area contributed by atoms with Gasteiger partial charge in [0.2, 0.25) is 0 Å². The number of nitrogens with zero attached hydrogens (tertiary/aromatic N) is 1. The number of aliphatic carboxylic acids is 4. The van der Waals surface area contributed by atoms with Gasteiger partial charge in [0.25, 0.3) is 0 Å². The monoisotopic (exact) mass is 516 g/mol. The van der Waals surface area contributed by atoms with E-state index in [9.17, 15) is 19.2 Å². The van der Waals surface area contributed by atoms with Crippen LogP contribution in [0.4, 0.5) is 0 Å². The zero-order valence-electron chi connectivity index (χ0n) is 18.7. The van der Waals surface area contributed by atoms with Crippen molar-refractivity contribution in [2.75, 3.05) is 32.8 Å². The van der Waals surface area contributed by atoms with Crippen LogP contribution in [0, 0.1) is 5.92 Å². The van der Waals surface area contributed by atoms with Crippen LogP contribution in [0.15, 0.2) is 42.5 Å². The van der Waals surface area contributed by atoms with Crippen molar-refractivity contribution in [2.24, 2.45) is 11.7 Å². The molecule has 12 nitrogen and oxygen atoms in total. The first kappa shape index (κ1) is 31.6. The fraction of sp³-hybridized carbons (Fsp3) is 0.364. The largest absolute Gasteiger partial charge is 0.491 e. The van der Waals surface area contributed by atoms with Gasteiger partial charge in [-0.05, 0) is 43.6 Å². The van der Waals surface area contributed by atoms with Gasteiger partial charge in [-0.2, -0.15) is 0 Å². The van der Waals surface area contributed by atoms with Crippen molar-refractivity contribution >= 4 is 35.5 Å². The highest BCUT2D eigenvalue weighted by molar-refractivity contribution is 6.30. The van der Waals surface area contributed by atoms with Gasteiger partial charge in [-0.1, -0.05) is 11.6 Å². The van der Waals surface area contributed by atoms with Crippen LogP contribution in [0.3, 0.4) is 0 Å². The minimum atomic E-state index is -1.26. The molecular formula is C22H29ClN2O10. The molecule has 1 fully saturated rings. The van der Waals surface area contributed by atoms with E-state index < -0.39 is 23.9 Å². The minimum Gasteiger partial charge on any atom is -0.491 e. The molecule has 0 radical (unpaired) electrons. The van der Waals surface area contributed by atoms with Crippen molar-refractivity contribution in [2.45, 2.75) is 13.0 Å². The molecule has 35 heavy (non-hydrogen) atoms. The average Bonchev–Trinajstić information content (AvgIpc) is 3.24. The molecule has 7 N–H and O–H groups in total. The van der Waals surface area contributed by atoms with Crippen molar-refractivity contribution in [3.8, 4) is 5.75 Å². The molecule has 0 spiro atoms. The van der Waals surface area contributed by atoms with Crippen LogP contribution < -0.4 is 10.5 Å². The predicted molar refractivity (Wildman–Crippen MR) is 125 cm³/mol. The summed E-state index contributed by atoms with van der Waals surface area (Å²) in [6, 6.07) is 5.61. The molecule has 13 heteroatoms. The normalized spacial score (nSPS) is 15.1. The van der Waals surface area contributed by atoms with Crippen LogP contribution in [0.25, 0.3) is 0 Å². The van der Waals surface area contributed by atoms with E-state index in [1.807, 2.05) is 18.2 Å². The number of carbonyl (C=O) groups is 4. The standard InChI is InChI=1S/C14H21ClN2O2.2C4H4O4/c15-13-1-2-14(19-6-5-18)12(7-13)10-17-4-3-11(8-16)9-17;2*5-3(6)1-2-4(7)8/h1-2,7,11,18H,3-6,8-10,16H2;2*1-2H,(H,5,6)(H,7,8)/b;2*2-1+/t11-;;/m1../s1. The van der Waals surface area contributed by atoms with Gasteiger partial charge < -0.3 is 36.0 Å². The lowest BCUT2D eigenvalue weighted by Crippen LogP contribution is -2.23. The molecule has 194 valence electrons. The molecule has 0 amide bonds. The number of nitrogens with two attached hydrogens (primary N) is 1. The molecule has 1 aromatic carbocycles. The van der Waals surface area contributed by atoms with Crippen molar-refractivity contribution in [1.29, 1.82) is 0 Å². The van der Waals surface area contributed by atoms with Crippen LogP contribution >= 0.6 is 11.6 Å². The van der Waals surface area contributed by atoms with Gasteiger partial charge in [0, 0.05) is 48.0 Å². The molecule has 1 heterocycles. The van der Waals surface area contributed by atoms with E-state index in [-0.39, 0.29) is 6.61 Å². The molecule has 0 unspecified atom stereocenters. The van der Waals surface area contributed by atoms with Crippen LogP contribution in [-0.2, 0) is 25.7 Å². The number of hydrogen-bond acceptors (Lipinski definition) is 8. The lowest BCUT2D eigenvalue weighted by Gasteiger charge is -2.18. The molecule has 2 rings (SSSR count). The third-order valence-corrected chi connectivity index (χ3v) is 4.44. The quantitative estimate of drug-likeness (QED) is 0.240. The summed E-state index contributed by atoms with van der Waals surface area (Å²) in [5, 5.41) is 40.8. The number of hydrogen-bond donors (Lipinski definition) is 6. The Kier molecular flexibility index (Phi) is 16.2. The van der Waals surface area contributed by atoms with Crippen LogP contribution in [0.2, 0.25) is 5.02 Å². The maximum Gasteiger partial charge on any atom is 0.328 e. The van der Waals surface area contributed by atoms with Crippen molar-refractivity contribution < 1.29 is 49.4 Å². The van der Waals surface area contributed by atoms with Gasteiger partial charge in [-0.3, -0.25) is 4.90 Å². The number of ether oxygens (including phenoxy) is 1. The van der Waals surface area contributed by atoms with Crippen molar-refractivity contribution in [3.05, 3.63) is 53.1 Å². The van der Waals surface area contributed by atoms with Crippen LogP contribution in [-0.4, -0.2) is 87.2 Å². The zero-order chi connectivity index (χ0) is 26.8. The number of carboxylic acid groups (broad SMARTS) is 4. The average molecular weight is 517 g/mol. The second-order valence-electron chi connectivity index (χ2n) is 6.97. The maximum absolute atomic E-state index is 9.55. The number of aliphatic hydroxyl groups excluding tert-OH is 1. The van der Waals surface area contributed by atoms with Crippen LogP contribution in [0.1, 0.15) is 12.0 Å². The lowest BCUT2D eigenvalue weighted by molar-refractivity contribution is -0.134. The Bertz CT molecular complexity index is 838. The third kappa shape index (κ3) is 16.8. The Balaban J connectivity index is 0.000000601. The second kappa shape index (κ2) is 18.0. The Morgan fingerprint density at radius 1 is 1.00 bits per heavy atom. The van der Waals surface area contributed by atoms with E-state index >= 15 is 0 Å². The number of carboxylic acids is 4. The summed E-state index contributed by atoms with van der Waals surface area (Å²) < 4.78 is 5.54. The second-order valence-corrected chi connectivity index (χ2v) is 7.41. The van der Waals surface area contributed by atoms with E-state index in [2.05, 4.69) is 4.90 Å². The smallest absolute Gasteiger partial charge is 0.328 e. The molecule has 0 bridgehead atoms. The van der Waals surface area contributed by atoms with Gasteiger partial charge in [0.05, 0.1) is 6.61 Å². The summed E-state index contributed by atoms with van der Waals surface area (Å²) in [7, 11) is 0. The molecule has 0 saturated carbocycles. The third-order valence-electron chi connectivity index (χ3n) is 4.21. The fourth-order valence-electron chi connectivity index (χ4n) is 2.74. The summed E-state index contributed by atoms with van der Waals surface area (Å²) in [5.41, 5.74) is 6.78. The zero-order valence-corrected chi connectivity index (χ0v) is 19.5. The van der Waals surface area contributed by atoms with Crippen molar-refractivity contribution in [1.82, 2.24) is 4.90 Å². The number of benzene rings is 1. The topological polar surface area (TPSA) is 208 Å². The lowest BCUT2D eigenvalue weighted by atomic mass is 10.1. The molecular weight excluding hydrogens is 488 g/mol. The summed E-state index contributed by atoms with van der Waals surface area (Å²) in [6.07, 6.45) is 3.39. The van der Waals surface area contributed by atoms with E-state index in [4.69, 9.17) is 47.6 Å². The van der Waals surface area contributed by atoms with Crippen molar-refractivity contribution in [3.63, 3.8) is 0 Å². The first-order chi connectivity index (χ1) is 16.5. The van der Waals surface area contributed by atoms with Gasteiger partial charge in [-0.25, -0.2) is 19.2 Å². The number of rotatable bonds is 10. The Hall–Kier alpha value is -3.45. The molecule has 1 aromatic rings. The molecule has 1 atom stereocenters. The predicted octanol–water partition coefficient (Wildman–Crippen LogP) is 0.915. The number of aliphatic hydroxyl groups is 1. The summed E-state index contributed by atoms with van der Waals surface area (Å²) in [5.74, 6) is -3.63. The minimum absolute atomic E-state index is 0.0149.